The van der Waals surface area contributed by atoms with Crippen LogP contribution in [0, 0.1) is 0 Å². The Balaban J connectivity index is 2.96. The lowest BCUT2D eigenvalue weighted by molar-refractivity contribution is 0.0555. The molecule has 1 aliphatic heterocycles. The minimum atomic E-state index is -1.18. The predicted molar refractivity (Wildman–Crippen MR) is 86.8 cm³/mol. The first-order chi connectivity index (χ1) is 8.23. The molecule has 1 radical (unpaired) electrons. The van der Waals surface area contributed by atoms with E-state index in [2.05, 4.69) is 60.3 Å². The first-order valence-corrected chi connectivity index (χ1v) is 10.6. The fourth-order valence-corrected chi connectivity index (χ4v) is 6.96. The Kier molecular flexibility index (Phi) is 5.16. The summed E-state index contributed by atoms with van der Waals surface area (Å²) in [5, 5.41) is 0. The van der Waals surface area contributed by atoms with Gasteiger partial charge in [-0.25, -0.2) is 0 Å². The van der Waals surface area contributed by atoms with Crippen LogP contribution < -0.4 is 0 Å². The lowest BCUT2D eigenvalue weighted by atomic mass is 9.77. The van der Waals surface area contributed by atoms with E-state index in [1.807, 2.05) is 0 Å². The Morgan fingerprint density at radius 1 is 0.889 bits per heavy atom. The van der Waals surface area contributed by atoms with Gasteiger partial charge in [0.05, 0.1) is 0 Å². The summed E-state index contributed by atoms with van der Waals surface area (Å²) in [5.41, 5.74) is 0.693. The van der Waals surface area contributed by atoms with Gasteiger partial charge in [0, 0.05) is 19.0 Å². The van der Waals surface area contributed by atoms with Crippen LogP contribution >= 0.6 is 0 Å². The maximum absolute atomic E-state index is 2.76. The van der Waals surface area contributed by atoms with Gasteiger partial charge >= 0.3 is 0 Å². The molecule has 1 saturated heterocycles. The van der Waals surface area contributed by atoms with Crippen LogP contribution in [0.5, 0.6) is 0 Å². The van der Waals surface area contributed by atoms with Gasteiger partial charge in [-0.2, -0.15) is 0 Å². The van der Waals surface area contributed by atoms with Gasteiger partial charge in [-0.05, 0) is 47.0 Å². The highest BCUT2D eigenvalue weighted by Gasteiger charge is 2.45. The minimum absolute atomic E-state index is 0.347. The van der Waals surface area contributed by atoms with E-state index in [9.17, 15) is 0 Å². The molecule has 0 atom stereocenters. The first kappa shape index (κ1) is 16.3. The summed E-state index contributed by atoms with van der Waals surface area (Å²) in [5.74, 6) is 0. The third kappa shape index (κ3) is 3.22. The van der Waals surface area contributed by atoms with Crippen LogP contribution in [-0.4, -0.2) is 30.8 Å². The van der Waals surface area contributed by atoms with Crippen LogP contribution in [0.4, 0.5) is 0 Å². The van der Waals surface area contributed by atoms with Crippen molar-refractivity contribution >= 4 is 15.0 Å². The third-order valence-corrected chi connectivity index (χ3v) is 10.4. The van der Waals surface area contributed by atoms with Crippen LogP contribution in [0.25, 0.3) is 0 Å². The van der Waals surface area contributed by atoms with Crippen LogP contribution in [0.3, 0.4) is 0 Å². The van der Waals surface area contributed by atoms with Crippen molar-refractivity contribution in [2.45, 2.75) is 96.9 Å². The number of piperidine rings is 1. The standard InChI is InChI=1S/C15H33BNSi/c1-8-18(9-2,10-3)16-17-14(4,5)12-11-13-15(17,6)7/h8-13H2,1-7H3. The van der Waals surface area contributed by atoms with Crippen LogP contribution in [0.2, 0.25) is 18.1 Å². The van der Waals surface area contributed by atoms with E-state index in [1.54, 1.807) is 0 Å². The molecule has 0 aromatic rings. The van der Waals surface area contributed by atoms with Gasteiger partial charge in [0.25, 0.3) is 0 Å². The predicted octanol–water partition coefficient (Wildman–Crippen LogP) is 4.65. The van der Waals surface area contributed by atoms with Crippen molar-refractivity contribution in [3.05, 3.63) is 0 Å². The van der Waals surface area contributed by atoms with Crippen molar-refractivity contribution in [3.63, 3.8) is 0 Å². The number of nitrogens with zero attached hydrogens (tertiary/aromatic N) is 1. The lowest BCUT2D eigenvalue weighted by Crippen LogP contribution is -2.65. The molecule has 0 unspecified atom stereocenters. The normalized spacial score (nSPS) is 23.9. The molecule has 1 nitrogen and oxygen atoms in total. The Morgan fingerprint density at radius 3 is 1.61 bits per heavy atom. The molecule has 0 bridgehead atoms. The maximum atomic E-state index is 2.76. The fourth-order valence-electron chi connectivity index (χ4n) is 3.66. The molecule has 0 saturated carbocycles. The topological polar surface area (TPSA) is 3.24 Å². The maximum Gasteiger partial charge on any atom is 0.198 e. The highest BCUT2D eigenvalue weighted by molar-refractivity contribution is 7.23. The van der Waals surface area contributed by atoms with Crippen molar-refractivity contribution in [1.29, 1.82) is 0 Å². The van der Waals surface area contributed by atoms with Gasteiger partial charge in [0.1, 0.15) is 0 Å². The third-order valence-electron chi connectivity index (χ3n) is 5.40. The SMILES string of the molecule is CC[Si]([B]N1C(C)(C)CCCC1(C)C)(CC)CC. The molecule has 1 fully saturated rings. The van der Waals surface area contributed by atoms with E-state index in [0.29, 0.717) is 11.1 Å². The Hall–Kier alpha value is 0.242. The molecule has 0 aromatic carbocycles. The zero-order valence-electron chi connectivity index (χ0n) is 13.8. The summed E-state index contributed by atoms with van der Waals surface area (Å²) in [6, 6.07) is 4.17. The second kappa shape index (κ2) is 5.70. The first-order valence-electron chi connectivity index (χ1n) is 7.88. The van der Waals surface area contributed by atoms with Crippen molar-refractivity contribution < 1.29 is 0 Å². The average molecular weight is 266 g/mol. The molecule has 105 valence electrons. The molecular weight excluding hydrogens is 233 g/mol. The monoisotopic (exact) mass is 266 g/mol. The fraction of sp³-hybridized carbons (Fsp3) is 1.00. The summed E-state index contributed by atoms with van der Waals surface area (Å²) in [4.78, 5) is 2.76. The van der Waals surface area contributed by atoms with Gasteiger partial charge in [0.15, 0.2) is 7.01 Å². The number of rotatable bonds is 5. The Bertz CT molecular complexity index is 247. The quantitative estimate of drug-likeness (QED) is 0.654. The van der Waals surface area contributed by atoms with Gasteiger partial charge in [-0.3, -0.25) is 0 Å². The van der Waals surface area contributed by atoms with Crippen LogP contribution in [0.15, 0.2) is 0 Å². The average Bonchev–Trinajstić information content (AvgIpc) is 2.29. The second-order valence-corrected chi connectivity index (χ2v) is 12.5. The lowest BCUT2D eigenvalue weighted by Gasteiger charge is -2.56. The van der Waals surface area contributed by atoms with E-state index in [0.717, 1.165) is 0 Å². The van der Waals surface area contributed by atoms with Crippen LogP contribution in [-0.2, 0) is 0 Å². The molecular formula is C15H33BNSi. The van der Waals surface area contributed by atoms with Crippen molar-refractivity contribution in [3.8, 4) is 0 Å². The number of hydrogen-bond donors (Lipinski definition) is 0. The highest BCUT2D eigenvalue weighted by Crippen LogP contribution is 2.39. The largest absolute Gasteiger partial charge is 0.340 e. The molecule has 3 heteroatoms. The Morgan fingerprint density at radius 2 is 1.28 bits per heavy atom. The van der Waals surface area contributed by atoms with Gasteiger partial charge in [-0.1, -0.05) is 38.9 Å². The zero-order chi connectivity index (χ0) is 14.0. The van der Waals surface area contributed by atoms with Gasteiger partial charge in [0.2, 0.25) is 0 Å². The molecule has 0 aliphatic carbocycles. The summed E-state index contributed by atoms with van der Waals surface area (Å²) in [6.45, 7) is 16.9. The molecule has 0 spiro atoms. The van der Waals surface area contributed by atoms with E-state index in [1.165, 1.54) is 37.4 Å². The van der Waals surface area contributed by atoms with Gasteiger partial charge < -0.3 is 4.81 Å². The van der Waals surface area contributed by atoms with Crippen LogP contribution in [0.1, 0.15) is 67.7 Å². The second-order valence-electron chi connectivity index (χ2n) is 7.40. The van der Waals surface area contributed by atoms with E-state index in [-0.39, 0.29) is 0 Å². The van der Waals surface area contributed by atoms with E-state index >= 15 is 0 Å². The molecule has 1 heterocycles. The van der Waals surface area contributed by atoms with Gasteiger partial charge in [-0.15, -0.1) is 0 Å². The van der Waals surface area contributed by atoms with E-state index < -0.39 is 7.94 Å². The molecule has 18 heavy (non-hydrogen) atoms. The van der Waals surface area contributed by atoms with Crippen molar-refractivity contribution in [1.82, 2.24) is 4.81 Å². The molecule has 0 amide bonds. The number of hydrogen-bond acceptors (Lipinski definition) is 1. The molecule has 1 rings (SSSR count). The Labute approximate surface area is 117 Å². The summed E-state index contributed by atoms with van der Waals surface area (Å²) in [6.07, 6.45) is 4.06. The molecule has 0 N–H and O–H groups in total. The molecule has 1 aliphatic rings. The minimum Gasteiger partial charge on any atom is -0.340 e. The van der Waals surface area contributed by atoms with Crippen molar-refractivity contribution in [2.24, 2.45) is 0 Å². The summed E-state index contributed by atoms with van der Waals surface area (Å²) < 4.78 is 0. The summed E-state index contributed by atoms with van der Waals surface area (Å²) in [7, 11) is 1.56. The molecule has 0 aromatic heterocycles. The highest BCUT2D eigenvalue weighted by atomic mass is 28.3. The smallest absolute Gasteiger partial charge is 0.198 e. The summed E-state index contributed by atoms with van der Waals surface area (Å²) >= 11 is 0. The van der Waals surface area contributed by atoms with Crippen molar-refractivity contribution in [2.75, 3.05) is 0 Å². The zero-order valence-corrected chi connectivity index (χ0v) is 14.8. The van der Waals surface area contributed by atoms with E-state index in [4.69, 9.17) is 0 Å².